The summed E-state index contributed by atoms with van der Waals surface area (Å²) in [7, 11) is 1.25. The number of nitrogens with one attached hydrogen (secondary N) is 3. The molecule has 0 radical (unpaired) electrons. The van der Waals surface area contributed by atoms with E-state index in [2.05, 4.69) is 43.2 Å². The first-order valence-electron chi connectivity index (χ1n) is 13.2. The van der Waals surface area contributed by atoms with Crippen LogP contribution in [-0.4, -0.2) is 76.1 Å². The predicted molar refractivity (Wildman–Crippen MR) is 158 cm³/mol. The summed E-state index contributed by atoms with van der Waals surface area (Å²) >= 11 is 6.88. The number of amides is 1. The SMILES string of the molecule is C.COC(=O)N[C@@H]1CCN(c2cc(C#N)cc(Nc3nc(NC4CC4)c4ncc(C#N)n4n3)c2Cl)C[C@H]1OC(=O)[C@H](C)N. The van der Waals surface area contributed by atoms with E-state index in [9.17, 15) is 20.1 Å². The first-order chi connectivity index (χ1) is 20.2. The number of ether oxygens (including phenoxy) is 2. The van der Waals surface area contributed by atoms with Crippen LogP contribution in [0.2, 0.25) is 5.02 Å². The monoisotopic (exact) mass is 609 g/mol. The molecule has 2 aliphatic rings. The Balaban J connectivity index is 0.00000423. The Morgan fingerprint density at radius 2 is 2.00 bits per heavy atom. The first-order valence-corrected chi connectivity index (χ1v) is 13.6. The number of anilines is 4. The minimum Gasteiger partial charge on any atom is -0.457 e. The van der Waals surface area contributed by atoms with Crippen molar-refractivity contribution in [1.29, 1.82) is 10.5 Å². The third-order valence-corrected chi connectivity index (χ3v) is 7.25. The third-order valence-electron chi connectivity index (χ3n) is 6.85. The number of alkyl carbamates (subject to hydrolysis) is 1. The van der Waals surface area contributed by atoms with Crippen LogP contribution in [0, 0.1) is 22.7 Å². The molecule has 5 rings (SSSR count). The maximum atomic E-state index is 12.4. The molecule has 5 N–H and O–H groups in total. The summed E-state index contributed by atoms with van der Waals surface area (Å²) in [6.07, 6.45) is 2.36. The number of carbonyl (C=O) groups is 2. The van der Waals surface area contributed by atoms with Gasteiger partial charge in [-0.15, -0.1) is 5.10 Å². The lowest BCUT2D eigenvalue weighted by atomic mass is 10.00. The highest BCUT2D eigenvalue weighted by Gasteiger charge is 2.35. The van der Waals surface area contributed by atoms with E-state index in [0.717, 1.165) is 12.8 Å². The fourth-order valence-electron chi connectivity index (χ4n) is 4.53. The summed E-state index contributed by atoms with van der Waals surface area (Å²) in [5, 5.41) is 33.1. The zero-order valence-corrected chi connectivity index (χ0v) is 23.6. The number of fused-ring (bicyclic) bond motifs is 1. The van der Waals surface area contributed by atoms with E-state index in [1.807, 2.05) is 4.90 Å². The van der Waals surface area contributed by atoms with Crippen LogP contribution in [0.4, 0.5) is 27.9 Å². The van der Waals surface area contributed by atoms with Crippen molar-refractivity contribution in [2.45, 2.75) is 57.8 Å². The molecule has 0 spiro atoms. The van der Waals surface area contributed by atoms with Crippen LogP contribution in [0.15, 0.2) is 18.3 Å². The number of carbonyl (C=O) groups excluding carboxylic acids is 2. The summed E-state index contributed by atoms with van der Waals surface area (Å²) < 4.78 is 11.7. The highest BCUT2D eigenvalue weighted by Crippen LogP contribution is 2.37. The van der Waals surface area contributed by atoms with Gasteiger partial charge < -0.3 is 36.1 Å². The van der Waals surface area contributed by atoms with Gasteiger partial charge in [0.15, 0.2) is 17.2 Å². The van der Waals surface area contributed by atoms with Gasteiger partial charge in [-0.3, -0.25) is 4.79 Å². The average Bonchev–Trinajstić information content (AvgIpc) is 3.70. The van der Waals surface area contributed by atoms with E-state index in [4.69, 9.17) is 26.8 Å². The summed E-state index contributed by atoms with van der Waals surface area (Å²) in [6.45, 7) is 2.07. The van der Waals surface area contributed by atoms with Crippen molar-refractivity contribution < 1.29 is 19.1 Å². The molecule has 1 amide bonds. The van der Waals surface area contributed by atoms with Gasteiger partial charge in [0.2, 0.25) is 5.95 Å². The van der Waals surface area contributed by atoms with Crippen LogP contribution < -0.4 is 26.6 Å². The van der Waals surface area contributed by atoms with Crippen LogP contribution >= 0.6 is 11.6 Å². The predicted octanol–water partition coefficient (Wildman–Crippen LogP) is 2.67. The molecule has 1 aromatic carbocycles. The number of nitrogens with zero attached hydrogens (tertiary/aromatic N) is 7. The molecule has 3 heterocycles. The van der Waals surface area contributed by atoms with Crippen LogP contribution in [0.5, 0.6) is 0 Å². The van der Waals surface area contributed by atoms with E-state index >= 15 is 0 Å². The Kier molecular flexibility index (Phi) is 9.38. The lowest BCUT2D eigenvalue weighted by Gasteiger charge is -2.39. The van der Waals surface area contributed by atoms with Crippen molar-refractivity contribution in [2.75, 3.05) is 35.7 Å². The van der Waals surface area contributed by atoms with Gasteiger partial charge in [0.1, 0.15) is 18.2 Å². The highest BCUT2D eigenvalue weighted by molar-refractivity contribution is 6.36. The molecule has 16 heteroatoms. The fourth-order valence-corrected chi connectivity index (χ4v) is 4.81. The van der Waals surface area contributed by atoms with Crippen LogP contribution in [0.25, 0.3) is 5.65 Å². The van der Waals surface area contributed by atoms with Crippen molar-refractivity contribution in [3.8, 4) is 12.1 Å². The summed E-state index contributed by atoms with van der Waals surface area (Å²) in [4.78, 5) is 35.0. The van der Waals surface area contributed by atoms with Crippen LogP contribution in [0.1, 0.15) is 44.9 Å². The van der Waals surface area contributed by atoms with Gasteiger partial charge in [-0.05, 0) is 38.3 Å². The molecular formula is C27H32ClN11O4. The number of nitrogens with two attached hydrogens (primary N) is 1. The topological polar surface area (TPSA) is 209 Å². The van der Waals surface area contributed by atoms with Gasteiger partial charge in [-0.1, -0.05) is 19.0 Å². The first kappa shape index (κ1) is 31.1. The molecule has 0 unspecified atom stereocenters. The zero-order valence-electron chi connectivity index (χ0n) is 22.8. The number of imidazole rings is 1. The van der Waals surface area contributed by atoms with Crippen molar-refractivity contribution in [1.82, 2.24) is 24.9 Å². The zero-order chi connectivity index (χ0) is 30.0. The molecule has 1 saturated carbocycles. The van der Waals surface area contributed by atoms with Crippen molar-refractivity contribution in [3.63, 3.8) is 0 Å². The smallest absolute Gasteiger partial charge is 0.407 e. The lowest BCUT2D eigenvalue weighted by molar-refractivity contribution is -0.151. The molecule has 226 valence electrons. The Labute approximate surface area is 252 Å². The molecule has 1 aliphatic heterocycles. The molecule has 1 aliphatic carbocycles. The maximum Gasteiger partial charge on any atom is 0.407 e. The molecule has 2 aromatic heterocycles. The molecule has 3 aromatic rings. The van der Waals surface area contributed by atoms with E-state index in [0.29, 0.717) is 41.4 Å². The Morgan fingerprint density at radius 3 is 2.65 bits per heavy atom. The van der Waals surface area contributed by atoms with Crippen molar-refractivity contribution in [3.05, 3.63) is 34.6 Å². The van der Waals surface area contributed by atoms with E-state index in [1.165, 1.54) is 24.7 Å². The summed E-state index contributed by atoms with van der Waals surface area (Å²) in [5.41, 5.74) is 7.49. The minimum absolute atomic E-state index is 0. The Morgan fingerprint density at radius 1 is 1.23 bits per heavy atom. The van der Waals surface area contributed by atoms with Gasteiger partial charge in [0.25, 0.3) is 0 Å². The normalized spacial score (nSPS) is 18.4. The number of benzene rings is 1. The second-order valence-corrected chi connectivity index (χ2v) is 10.4. The summed E-state index contributed by atoms with van der Waals surface area (Å²) in [5.74, 6) is -0.0341. The number of aromatic nitrogens is 4. The number of hydrogen-bond acceptors (Lipinski definition) is 13. The van der Waals surface area contributed by atoms with Gasteiger partial charge in [-0.2, -0.15) is 20.0 Å². The number of rotatable bonds is 8. The van der Waals surface area contributed by atoms with Crippen LogP contribution in [0.3, 0.4) is 0 Å². The Bertz CT molecular complexity index is 1610. The number of esters is 1. The van der Waals surface area contributed by atoms with Gasteiger partial charge in [0.05, 0.1) is 53.9 Å². The maximum absolute atomic E-state index is 12.4. The van der Waals surface area contributed by atoms with Crippen molar-refractivity contribution >= 4 is 52.5 Å². The third kappa shape index (κ3) is 6.80. The average molecular weight is 610 g/mol. The van der Waals surface area contributed by atoms with E-state index < -0.39 is 30.3 Å². The van der Waals surface area contributed by atoms with E-state index in [-0.39, 0.29) is 36.7 Å². The standard InChI is InChI=1S/C26H28ClN11O4.CH4/c1-13(30)24(39)42-20-12-37(6-5-17(20)34-26(40)41-2)19-8-14(9-28)7-18(21(19)27)33-25-35-22(32-15-3-4-15)23-31-11-16(10-29)38(23)36-25;/h7-8,11,13,15,17,20H,3-6,12,30H2,1-2H3,(H,34,40)(H2,32,33,35,36);1H4/t13-,17+,20+;/m0./s1. The molecule has 43 heavy (non-hydrogen) atoms. The molecule has 15 nitrogen and oxygen atoms in total. The van der Waals surface area contributed by atoms with Crippen molar-refractivity contribution in [2.24, 2.45) is 5.73 Å². The minimum atomic E-state index is -0.867. The number of methoxy groups -OCH3 is 1. The Hall–Kier alpha value is -4.86. The van der Waals surface area contributed by atoms with Gasteiger partial charge >= 0.3 is 12.1 Å². The second-order valence-electron chi connectivity index (χ2n) is 10.0. The molecule has 3 atom stereocenters. The molecule has 2 fully saturated rings. The number of hydrogen-bond donors (Lipinski definition) is 4. The second kappa shape index (κ2) is 13.0. The highest BCUT2D eigenvalue weighted by atomic mass is 35.5. The lowest BCUT2D eigenvalue weighted by Crippen LogP contribution is -2.56. The fraction of sp³-hybridized carbons (Fsp3) is 0.444. The molecule has 0 bridgehead atoms. The quantitative estimate of drug-likeness (QED) is 0.271. The van der Waals surface area contributed by atoms with Gasteiger partial charge in [-0.25, -0.2) is 9.78 Å². The van der Waals surface area contributed by atoms with E-state index in [1.54, 1.807) is 12.1 Å². The molecular weight excluding hydrogens is 578 g/mol. The van der Waals surface area contributed by atoms with Crippen LogP contribution in [-0.2, 0) is 14.3 Å². The number of halogens is 1. The largest absolute Gasteiger partial charge is 0.457 e. The van der Waals surface area contributed by atoms with Gasteiger partial charge in [0, 0.05) is 12.6 Å². The summed E-state index contributed by atoms with van der Waals surface area (Å²) in [6, 6.07) is 6.25. The number of nitriles is 2. The number of piperidine rings is 1. The molecule has 1 saturated heterocycles.